The number of halogens is 2. The molecule has 2 aromatic heterocycles. The summed E-state index contributed by atoms with van der Waals surface area (Å²) >= 11 is 1.82. The Morgan fingerprint density at radius 1 is 1.28 bits per heavy atom. The number of hydrogen-bond acceptors (Lipinski definition) is 5. The summed E-state index contributed by atoms with van der Waals surface area (Å²) in [5.41, 5.74) is 0.427. The normalized spacial score (nSPS) is 18.1. The molecule has 0 amide bonds. The summed E-state index contributed by atoms with van der Waals surface area (Å²) in [6.45, 7) is 2.39. The smallest absolute Gasteiger partial charge is 0.280 e. The van der Waals surface area contributed by atoms with E-state index in [1.807, 2.05) is 11.3 Å². The van der Waals surface area contributed by atoms with Crippen molar-refractivity contribution in [1.29, 1.82) is 0 Å². The van der Waals surface area contributed by atoms with E-state index >= 15 is 0 Å². The first kappa shape index (κ1) is 16.6. The van der Waals surface area contributed by atoms with Crippen LogP contribution in [0.5, 0.6) is 0 Å². The van der Waals surface area contributed by atoms with Gasteiger partial charge >= 0.3 is 0 Å². The van der Waals surface area contributed by atoms with Crippen molar-refractivity contribution in [2.24, 2.45) is 5.92 Å². The zero-order valence-corrected chi connectivity index (χ0v) is 14.6. The van der Waals surface area contributed by atoms with Gasteiger partial charge in [0.1, 0.15) is 5.69 Å². The lowest BCUT2D eigenvalue weighted by Crippen LogP contribution is -2.36. The summed E-state index contributed by atoms with van der Waals surface area (Å²) in [5, 5.41) is 1.13. The first-order valence-corrected chi connectivity index (χ1v) is 9.50. The van der Waals surface area contributed by atoms with Crippen molar-refractivity contribution >= 4 is 16.5 Å². The third-order valence-corrected chi connectivity index (χ3v) is 6.27. The molecule has 0 radical (unpaired) electrons. The number of alkyl halides is 2. The van der Waals surface area contributed by atoms with E-state index in [9.17, 15) is 13.6 Å². The third kappa shape index (κ3) is 3.44. The minimum absolute atomic E-state index is 0.361. The van der Waals surface area contributed by atoms with Crippen molar-refractivity contribution in [3.63, 3.8) is 0 Å². The van der Waals surface area contributed by atoms with Gasteiger partial charge in [-0.3, -0.25) is 9.36 Å². The topological polar surface area (TPSA) is 51.0 Å². The van der Waals surface area contributed by atoms with Gasteiger partial charge in [-0.25, -0.2) is 18.7 Å². The maximum absolute atomic E-state index is 12.6. The summed E-state index contributed by atoms with van der Waals surface area (Å²) in [6, 6.07) is 0.941. The van der Waals surface area contributed by atoms with E-state index in [-0.39, 0.29) is 0 Å². The lowest BCUT2D eigenvalue weighted by Gasteiger charge is -2.32. The number of hydrogen-bond donors (Lipinski definition) is 0. The Bertz CT molecular complexity index is 790. The highest BCUT2D eigenvalue weighted by molar-refractivity contribution is 7.15. The molecule has 0 aromatic carbocycles. The van der Waals surface area contributed by atoms with E-state index in [1.54, 1.807) is 0 Å². The number of thiazole rings is 1. The lowest BCUT2D eigenvalue weighted by atomic mass is 9.97. The Kier molecular flexibility index (Phi) is 4.54. The standard InChI is InChI=1S/C17H20F2N4OS/c18-16(19)13-8-15(24)23(10-20-13)9-11-4-6-22(7-5-11)17-21-12-2-1-3-14(12)25-17/h8,10-11,16H,1-7,9H2. The molecule has 1 saturated heterocycles. The van der Waals surface area contributed by atoms with Crippen LogP contribution in [0.4, 0.5) is 13.9 Å². The van der Waals surface area contributed by atoms with Gasteiger partial charge in [-0.05, 0) is 38.0 Å². The zero-order valence-electron chi connectivity index (χ0n) is 13.8. The van der Waals surface area contributed by atoms with Crippen LogP contribution in [-0.4, -0.2) is 27.6 Å². The van der Waals surface area contributed by atoms with Gasteiger partial charge in [-0.15, -0.1) is 11.3 Å². The molecule has 1 aliphatic carbocycles. The quantitative estimate of drug-likeness (QED) is 0.835. The molecule has 8 heteroatoms. The maximum Gasteiger partial charge on any atom is 0.280 e. The Balaban J connectivity index is 1.36. The molecule has 2 aromatic rings. The SMILES string of the molecule is O=c1cc(C(F)F)ncn1CC1CCN(c2nc3c(s2)CCC3)CC1. The van der Waals surface area contributed by atoms with E-state index in [0.29, 0.717) is 12.5 Å². The Labute approximate surface area is 148 Å². The Morgan fingerprint density at radius 2 is 2.08 bits per heavy atom. The number of piperidine rings is 1. The third-order valence-electron chi connectivity index (χ3n) is 5.05. The highest BCUT2D eigenvalue weighted by atomic mass is 32.1. The van der Waals surface area contributed by atoms with Crippen LogP contribution < -0.4 is 10.5 Å². The fourth-order valence-corrected chi connectivity index (χ4v) is 4.79. The summed E-state index contributed by atoms with van der Waals surface area (Å²) in [6.07, 6.45) is 3.97. The van der Waals surface area contributed by atoms with Gasteiger partial charge in [0.2, 0.25) is 0 Å². The van der Waals surface area contributed by atoms with Crippen LogP contribution >= 0.6 is 11.3 Å². The molecule has 2 aliphatic rings. The zero-order chi connectivity index (χ0) is 17.4. The molecular formula is C17H20F2N4OS. The molecule has 0 N–H and O–H groups in total. The monoisotopic (exact) mass is 366 g/mol. The molecule has 0 spiro atoms. The van der Waals surface area contributed by atoms with Crippen LogP contribution in [0.1, 0.15) is 42.0 Å². The minimum atomic E-state index is -2.70. The number of rotatable bonds is 4. The molecule has 3 heterocycles. The van der Waals surface area contributed by atoms with Crippen LogP contribution in [0.25, 0.3) is 0 Å². The van der Waals surface area contributed by atoms with Gasteiger partial charge in [0, 0.05) is 30.6 Å². The predicted octanol–water partition coefficient (Wildman–Crippen LogP) is 3.04. The predicted molar refractivity (Wildman–Crippen MR) is 92.5 cm³/mol. The second-order valence-electron chi connectivity index (χ2n) is 6.76. The van der Waals surface area contributed by atoms with Gasteiger partial charge in [0.25, 0.3) is 12.0 Å². The van der Waals surface area contributed by atoms with Crippen LogP contribution in [0.2, 0.25) is 0 Å². The van der Waals surface area contributed by atoms with Crippen LogP contribution in [0.3, 0.4) is 0 Å². The van der Waals surface area contributed by atoms with Gasteiger partial charge < -0.3 is 4.90 Å². The minimum Gasteiger partial charge on any atom is -0.348 e. The second-order valence-corrected chi connectivity index (χ2v) is 7.82. The van der Waals surface area contributed by atoms with E-state index in [1.165, 1.54) is 27.9 Å². The average Bonchev–Trinajstić information content (AvgIpc) is 3.19. The van der Waals surface area contributed by atoms with Crippen LogP contribution in [0.15, 0.2) is 17.2 Å². The first-order chi connectivity index (χ1) is 12.1. The molecule has 0 bridgehead atoms. The molecule has 1 fully saturated rings. The van der Waals surface area contributed by atoms with Crippen molar-refractivity contribution < 1.29 is 8.78 Å². The fourth-order valence-electron chi connectivity index (χ4n) is 3.59. The van der Waals surface area contributed by atoms with Gasteiger partial charge in [-0.1, -0.05) is 0 Å². The molecule has 5 nitrogen and oxygen atoms in total. The molecule has 0 saturated carbocycles. The lowest BCUT2D eigenvalue weighted by molar-refractivity contribution is 0.145. The number of nitrogens with zero attached hydrogens (tertiary/aromatic N) is 4. The van der Waals surface area contributed by atoms with Gasteiger partial charge in [0.15, 0.2) is 5.13 Å². The second kappa shape index (κ2) is 6.82. The summed E-state index contributed by atoms with van der Waals surface area (Å²) < 4.78 is 26.6. The molecule has 0 unspecified atom stereocenters. The Hall–Kier alpha value is -1.83. The van der Waals surface area contributed by atoms with Crippen molar-refractivity contribution in [2.45, 2.75) is 45.1 Å². The van der Waals surface area contributed by atoms with E-state index in [4.69, 9.17) is 4.98 Å². The number of aromatic nitrogens is 3. The summed E-state index contributed by atoms with van der Waals surface area (Å²) in [4.78, 5) is 24.2. The molecular weight excluding hydrogens is 346 g/mol. The largest absolute Gasteiger partial charge is 0.348 e. The van der Waals surface area contributed by atoms with Crippen LogP contribution in [-0.2, 0) is 19.4 Å². The molecule has 25 heavy (non-hydrogen) atoms. The van der Waals surface area contributed by atoms with Crippen molar-refractivity contribution in [2.75, 3.05) is 18.0 Å². The van der Waals surface area contributed by atoms with Gasteiger partial charge in [-0.2, -0.15) is 0 Å². The molecule has 1 aliphatic heterocycles. The van der Waals surface area contributed by atoms with Gasteiger partial charge in [0.05, 0.1) is 12.0 Å². The molecule has 4 rings (SSSR count). The highest BCUT2D eigenvalue weighted by Gasteiger charge is 2.25. The van der Waals surface area contributed by atoms with Crippen molar-refractivity contribution in [1.82, 2.24) is 14.5 Å². The number of fused-ring (bicyclic) bond motifs is 1. The van der Waals surface area contributed by atoms with E-state index in [2.05, 4.69) is 9.88 Å². The van der Waals surface area contributed by atoms with Crippen molar-refractivity contribution in [3.8, 4) is 0 Å². The van der Waals surface area contributed by atoms with E-state index in [0.717, 1.165) is 50.0 Å². The number of anilines is 1. The molecule has 0 atom stereocenters. The average molecular weight is 366 g/mol. The number of aryl methyl sites for hydroxylation is 2. The van der Waals surface area contributed by atoms with Crippen molar-refractivity contribution in [3.05, 3.63) is 39.0 Å². The highest BCUT2D eigenvalue weighted by Crippen LogP contribution is 2.34. The Morgan fingerprint density at radius 3 is 2.76 bits per heavy atom. The van der Waals surface area contributed by atoms with Crippen LogP contribution in [0, 0.1) is 5.92 Å². The van der Waals surface area contributed by atoms with E-state index < -0.39 is 17.7 Å². The fraction of sp³-hybridized carbons (Fsp3) is 0.588. The maximum atomic E-state index is 12.6. The first-order valence-electron chi connectivity index (χ1n) is 8.68. The summed E-state index contributed by atoms with van der Waals surface area (Å²) in [5.74, 6) is 0.361. The summed E-state index contributed by atoms with van der Waals surface area (Å²) in [7, 11) is 0. The molecule has 134 valence electrons.